The lowest BCUT2D eigenvalue weighted by atomic mass is 10.1. The number of benzene rings is 2. The van der Waals surface area contributed by atoms with E-state index in [9.17, 15) is 4.79 Å². The van der Waals surface area contributed by atoms with Gasteiger partial charge in [0.05, 0.1) is 25.2 Å². The second-order valence-corrected chi connectivity index (χ2v) is 6.18. The maximum atomic E-state index is 12.4. The molecule has 27 heavy (non-hydrogen) atoms. The van der Waals surface area contributed by atoms with E-state index in [2.05, 4.69) is 15.5 Å². The van der Waals surface area contributed by atoms with Gasteiger partial charge < -0.3 is 14.8 Å². The summed E-state index contributed by atoms with van der Waals surface area (Å²) in [5, 5.41) is 10.9. The maximum absolute atomic E-state index is 12.4. The fourth-order valence-electron chi connectivity index (χ4n) is 2.90. The van der Waals surface area contributed by atoms with E-state index < -0.39 is 0 Å². The van der Waals surface area contributed by atoms with Gasteiger partial charge in [-0.15, -0.1) is 0 Å². The lowest BCUT2D eigenvalue weighted by molar-refractivity contribution is -0.115. The van der Waals surface area contributed by atoms with Gasteiger partial charge in [0.1, 0.15) is 0 Å². The first-order chi connectivity index (χ1) is 13.2. The Bertz CT molecular complexity index is 934. The highest BCUT2D eigenvalue weighted by Gasteiger charge is 2.14. The van der Waals surface area contributed by atoms with Crippen LogP contribution in [0.2, 0.25) is 0 Å². The average Bonchev–Trinajstić information content (AvgIpc) is 2.91. The van der Waals surface area contributed by atoms with Crippen molar-refractivity contribution in [3.05, 3.63) is 47.5 Å². The molecule has 0 saturated heterocycles. The van der Waals surface area contributed by atoms with Gasteiger partial charge in [0.15, 0.2) is 17.3 Å². The summed E-state index contributed by atoms with van der Waals surface area (Å²) < 4.78 is 11.3. The first-order valence-corrected chi connectivity index (χ1v) is 9.32. The van der Waals surface area contributed by atoms with E-state index in [0.29, 0.717) is 24.8 Å². The maximum Gasteiger partial charge on any atom is 0.230 e. The van der Waals surface area contributed by atoms with E-state index in [1.54, 1.807) is 0 Å². The molecule has 0 fully saturated rings. The number of ether oxygens (including phenoxy) is 2. The van der Waals surface area contributed by atoms with Crippen LogP contribution in [0.4, 0.5) is 5.82 Å². The minimum absolute atomic E-state index is 0.121. The lowest BCUT2D eigenvalue weighted by Crippen LogP contribution is -2.15. The number of rotatable bonds is 3. The molecule has 3 aromatic rings. The predicted octanol–water partition coefficient (Wildman–Crippen LogP) is 4.24. The second-order valence-electron chi connectivity index (χ2n) is 6.18. The fraction of sp³-hybridized carbons (Fsp3) is 0.333. The highest BCUT2D eigenvalue weighted by atomic mass is 16.5. The Morgan fingerprint density at radius 1 is 1.11 bits per heavy atom. The Hall–Kier alpha value is -3.02. The van der Waals surface area contributed by atoms with Crippen LogP contribution < -0.4 is 14.8 Å². The van der Waals surface area contributed by atoms with E-state index in [1.165, 1.54) is 0 Å². The molecule has 6 nitrogen and oxygen atoms in total. The Kier molecular flexibility index (Phi) is 5.96. The number of carbonyl (C=O) groups is 1. The molecule has 1 amide bonds. The number of hydrogen-bond donors (Lipinski definition) is 2. The molecule has 2 aromatic carbocycles. The SMILES string of the molecule is CC.Cc1ccc2[nH]nc(NC(=O)Cc3ccc4c(c3)OCCCO4)c2c1. The molecule has 6 heteroatoms. The predicted molar refractivity (Wildman–Crippen MR) is 107 cm³/mol. The van der Waals surface area contributed by atoms with Crippen LogP contribution in [0, 0.1) is 6.92 Å². The number of aryl methyl sites for hydroxylation is 1. The highest BCUT2D eigenvalue weighted by molar-refractivity contribution is 6.00. The smallest absolute Gasteiger partial charge is 0.230 e. The molecule has 0 radical (unpaired) electrons. The van der Waals surface area contributed by atoms with Crippen molar-refractivity contribution < 1.29 is 14.3 Å². The van der Waals surface area contributed by atoms with Crippen molar-refractivity contribution in [1.82, 2.24) is 10.2 Å². The Balaban J connectivity index is 0.00000102. The van der Waals surface area contributed by atoms with E-state index in [4.69, 9.17) is 9.47 Å². The van der Waals surface area contributed by atoms with Crippen LogP contribution >= 0.6 is 0 Å². The van der Waals surface area contributed by atoms with Crippen molar-refractivity contribution >= 4 is 22.6 Å². The van der Waals surface area contributed by atoms with Gasteiger partial charge in [0.2, 0.25) is 5.91 Å². The first kappa shape index (κ1) is 18.8. The number of amides is 1. The van der Waals surface area contributed by atoms with Crippen LogP contribution in [0.25, 0.3) is 10.9 Å². The van der Waals surface area contributed by atoms with Gasteiger partial charge in [-0.05, 0) is 36.8 Å². The summed E-state index contributed by atoms with van der Waals surface area (Å²) in [6.07, 6.45) is 1.10. The molecule has 0 spiro atoms. The minimum Gasteiger partial charge on any atom is -0.490 e. The van der Waals surface area contributed by atoms with Gasteiger partial charge in [0, 0.05) is 11.8 Å². The Morgan fingerprint density at radius 3 is 2.70 bits per heavy atom. The summed E-state index contributed by atoms with van der Waals surface area (Å²) in [6.45, 7) is 7.29. The number of anilines is 1. The Morgan fingerprint density at radius 2 is 1.89 bits per heavy atom. The number of aromatic nitrogens is 2. The second kappa shape index (κ2) is 8.58. The van der Waals surface area contributed by atoms with Gasteiger partial charge in [-0.3, -0.25) is 9.89 Å². The Labute approximate surface area is 158 Å². The summed E-state index contributed by atoms with van der Waals surface area (Å²) >= 11 is 0. The number of nitrogens with zero attached hydrogens (tertiary/aromatic N) is 1. The normalized spacial score (nSPS) is 12.7. The molecule has 1 aliphatic heterocycles. The molecule has 0 bridgehead atoms. The average molecular weight is 367 g/mol. The summed E-state index contributed by atoms with van der Waals surface area (Å²) in [6, 6.07) is 11.6. The number of nitrogens with one attached hydrogen (secondary N) is 2. The van der Waals surface area contributed by atoms with E-state index in [1.807, 2.05) is 57.2 Å². The number of H-pyrrole nitrogens is 1. The monoisotopic (exact) mass is 367 g/mol. The van der Waals surface area contributed by atoms with Gasteiger partial charge in [-0.25, -0.2) is 0 Å². The zero-order chi connectivity index (χ0) is 19.2. The van der Waals surface area contributed by atoms with Crippen LogP contribution in [0.3, 0.4) is 0 Å². The van der Waals surface area contributed by atoms with Crippen LogP contribution in [-0.4, -0.2) is 29.3 Å². The van der Waals surface area contributed by atoms with Gasteiger partial charge >= 0.3 is 0 Å². The van der Waals surface area contributed by atoms with Crippen LogP contribution in [0.5, 0.6) is 11.5 Å². The van der Waals surface area contributed by atoms with Crippen LogP contribution in [0.1, 0.15) is 31.4 Å². The van der Waals surface area contributed by atoms with E-state index >= 15 is 0 Å². The highest BCUT2D eigenvalue weighted by Crippen LogP contribution is 2.30. The largest absolute Gasteiger partial charge is 0.490 e. The van der Waals surface area contributed by atoms with Gasteiger partial charge in [-0.2, -0.15) is 5.10 Å². The topological polar surface area (TPSA) is 76.2 Å². The van der Waals surface area contributed by atoms with Crippen molar-refractivity contribution in [2.24, 2.45) is 0 Å². The summed E-state index contributed by atoms with van der Waals surface area (Å²) in [5.41, 5.74) is 2.89. The molecular formula is C21H25N3O3. The van der Waals surface area contributed by atoms with Crippen molar-refractivity contribution in [3.8, 4) is 11.5 Å². The quantitative estimate of drug-likeness (QED) is 0.726. The molecule has 142 valence electrons. The van der Waals surface area contributed by atoms with Gasteiger partial charge in [0.25, 0.3) is 0 Å². The molecule has 1 aliphatic rings. The molecule has 1 aromatic heterocycles. The van der Waals surface area contributed by atoms with Crippen molar-refractivity contribution in [2.75, 3.05) is 18.5 Å². The van der Waals surface area contributed by atoms with E-state index in [-0.39, 0.29) is 12.3 Å². The van der Waals surface area contributed by atoms with Crippen molar-refractivity contribution in [3.63, 3.8) is 0 Å². The molecule has 2 N–H and O–H groups in total. The summed E-state index contributed by atoms with van der Waals surface area (Å²) in [7, 11) is 0. The molecule has 0 unspecified atom stereocenters. The zero-order valence-corrected chi connectivity index (χ0v) is 16.0. The number of aromatic amines is 1. The third-order valence-corrected chi connectivity index (χ3v) is 4.15. The lowest BCUT2D eigenvalue weighted by Gasteiger charge is -2.09. The van der Waals surface area contributed by atoms with Crippen LogP contribution in [0.15, 0.2) is 36.4 Å². The van der Waals surface area contributed by atoms with Crippen molar-refractivity contribution in [1.29, 1.82) is 0 Å². The minimum atomic E-state index is -0.121. The number of hydrogen-bond acceptors (Lipinski definition) is 4. The molecule has 2 heterocycles. The number of carbonyl (C=O) groups excluding carboxylic acids is 1. The standard InChI is InChI=1S/C19H19N3O3.C2H6/c1-12-3-5-15-14(9-12)19(22-21-15)20-18(23)11-13-4-6-16-17(10-13)25-8-2-7-24-16;1-2/h3-6,9-10H,2,7-8,11H2,1H3,(H2,20,21,22,23);1-2H3. The fourth-order valence-corrected chi connectivity index (χ4v) is 2.90. The third kappa shape index (κ3) is 4.39. The van der Waals surface area contributed by atoms with E-state index in [0.717, 1.165) is 34.2 Å². The zero-order valence-electron chi connectivity index (χ0n) is 16.0. The molecule has 0 aliphatic carbocycles. The molecule has 0 atom stereocenters. The van der Waals surface area contributed by atoms with Gasteiger partial charge in [-0.1, -0.05) is 31.5 Å². The van der Waals surface area contributed by atoms with Crippen molar-refractivity contribution in [2.45, 2.75) is 33.6 Å². The van der Waals surface area contributed by atoms with Crippen LogP contribution in [-0.2, 0) is 11.2 Å². The molecule has 4 rings (SSSR count). The third-order valence-electron chi connectivity index (χ3n) is 4.15. The summed E-state index contributed by atoms with van der Waals surface area (Å²) in [5.74, 6) is 1.86. The summed E-state index contributed by atoms with van der Waals surface area (Å²) in [4.78, 5) is 12.4. The first-order valence-electron chi connectivity index (χ1n) is 9.32. The molecular weight excluding hydrogens is 342 g/mol. The molecule has 0 saturated carbocycles. The number of fused-ring (bicyclic) bond motifs is 2.